The number of nitrogens with zero attached hydrogens (tertiary/aromatic N) is 2. The lowest BCUT2D eigenvalue weighted by Gasteiger charge is -2.37. The Labute approximate surface area is 464 Å². The van der Waals surface area contributed by atoms with E-state index in [4.69, 9.17) is 9.47 Å². The molecule has 81 heavy (non-hydrogen) atoms. The number of anilines is 3. The highest BCUT2D eigenvalue weighted by Crippen LogP contribution is 2.57. The van der Waals surface area contributed by atoms with E-state index in [-0.39, 0.29) is 86.9 Å². The predicted molar refractivity (Wildman–Crippen MR) is 289 cm³/mol. The van der Waals surface area contributed by atoms with E-state index in [1.54, 1.807) is 20.1 Å². The van der Waals surface area contributed by atoms with E-state index >= 15 is 0 Å². The van der Waals surface area contributed by atoms with E-state index in [1.165, 1.54) is 41.7 Å². The van der Waals surface area contributed by atoms with Crippen LogP contribution in [0.1, 0.15) is 125 Å². The number of unbranched alkanes of at least 4 members (excludes halogenated alkanes) is 5. The van der Waals surface area contributed by atoms with Gasteiger partial charge in [0.2, 0.25) is 11.8 Å². The highest BCUT2D eigenvalue weighted by molar-refractivity contribution is 7.17. The molecule has 4 aromatic carbocycles. The van der Waals surface area contributed by atoms with E-state index < -0.39 is 41.6 Å². The molecule has 4 heterocycles. The molecule has 0 saturated heterocycles. The molecule has 1 saturated carbocycles. The number of halogens is 6. The first-order valence-corrected chi connectivity index (χ1v) is 27.4. The predicted octanol–water partition coefficient (Wildman–Crippen LogP) is 10.8. The minimum absolute atomic E-state index is 0.00122. The van der Waals surface area contributed by atoms with Gasteiger partial charge in [-0.05, 0) is 130 Å². The van der Waals surface area contributed by atoms with Gasteiger partial charge in [0.1, 0.15) is 23.7 Å². The molecule has 2 aliphatic heterocycles. The highest BCUT2D eigenvalue weighted by Gasteiger charge is 2.54. The average molecular weight is 1140 g/mol. The molecule has 1 fully saturated rings. The second-order valence-corrected chi connectivity index (χ2v) is 21.2. The lowest BCUT2D eigenvalue weighted by atomic mass is 9.77. The van der Waals surface area contributed by atoms with Crippen molar-refractivity contribution in [2.24, 2.45) is 5.92 Å². The van der Waals surface area contributed by atoms with Gasteiger partial charge in [-0.2, -0.15) is 26.3 Å². The number of aromatic nitrogens is 1. The average Bonchev–Trinajstić information content (AvgIpc) is 4.32. The standard InChI is InChI=1S/C58H57F6N7O9S/c1-3-70(39-12-10-11-33(2)27-39)49(72)32-71-44-23-26-81-48(44)31-45(71)52(75)67-36-16-13-34(14-17-36)50(73)65-24-8-6-4-5-7-9-25-66-51(74)35-15-20-40-43(28-35)56(80-53(40)76)41-21-18-37(68-54(77)57(59,60)61)29-46(41)79-47-30-38(19-22-42(47)56)69-55(78)58(62,63)64/h10-12,15,18-23,26-31,34,36H,3-9,13-14,16-17,24-25,32H2,1-2H3,(H,65,73)(H,66,74)(H,67,75)(H,68,77)(H,69,78)/t34-,36-. The Morgan fingerprint density at radius 2 is 1.32 bits per heavy atom. The largest absolute Gasteiger partial charge is 0.471 e. The Kier molecular flexibility index (Phi) is 16.9. The normalized spacial score (nSPS) is 16.1. The fraction of sp³-hybridized carbons (Fsp3) is 0.362. The van der Waals surface area contributed by atoms with Crippen molar-refractivity contribution in [2.75, 3.05) is 35.2 Å². The number of rotatable bonds is 19. The SMILES string of the molecule is CCN(C(=O)Cn1c(C(=O)N[C@H]2CC[C@H](C(=O)NCCCCCCCCNC(=O)c3ccc4c(c3)C3(OC4=O)c4ccc(NC(=O)C(F)(F)F)cc4Oc4cc(NC(=O)C(F)(F)F)ccc43)CC2)cc2sccc21)c1cccc(C)c1. The molecule has 3 aliphatic rings. The van der Waals surface area contributed by atoms with Crippen molar-refractivity contribution in [3.63, 3.8) is 0 Å². The first kappa shape index (κ1) is 57.5. The fourth-order valence-electron chi connectivity index (χ4n) is 10.7. The molecule has 0 atom stereocenters. The van der Waals surface area contributed by atoms with Gasteiger partial charge in [0.15, 0.2) is 5.60 Å². The lowest BCUT2D eigenvalue weighted by molar-refractivity contribution is -0.167. The zero-order valence-corrected chi connectivity index (χ0v) is 44.9. The van der Waals surface area contributed by atoms with Crippen LogP contribution < -0.4 is 36.2 Å². The molecule has 6 amide bonds. The summed E-state index contributed by atoms with van der Waals surface area (Å²) in [4.78, 5) is 93.0. The molecule has 2 aromatic heterocycles. The number of carbonyl (C=O) groups excluding carboxylic acids is 7. The van der Waals surface area contributed by atoms with Crippen molar-refractivity contribution in [1.82, 2.24) is 20.5 Å². The number of likely N-dealkylation sites (N-methyl/N-ethyl adjacent to an activating group) is 1. The van der Waals surface area contributed by atoms with Gasteiger partial charge in [-0.1, -0.05) is 37.8 Å². The molecule has 9 rings (SSSR count). The zero-order valence-electron chi connectivity index (χ0n) is 44.0. The number of nitrogens with one attached hydrogen (secondary N) is 5. The van der Waals surface area contributed by atoms with E-state index in [1.807, 2.05) is 55.6 Å². The molecule has 0 radical (unpaired) electrons. The number of hydrogen-bond donors (Lipinski definition) is 5. The van der Waals surface area contributed by atoms with Crippen molar-refractivity contribution in [2.45, 2.75) is 109 Å². The molecule has 6 aromatic rings. The Morgan fingerprint density at radius 1 is 0.704 bits per heavy atom. The summed E-state index contributed by atoms with van der Waals surface area (Å²) in [6.07, 6.45) is -3.09. The maximum atomic E-state index is 13.7. The maximum absolute atomic E-state index is 13.7. The van der Waals surface area contributed by atoms with Gasteiger partial charge in [0.25, 0.3) is 11.8 Å². The minimum atomic E-state index is -5.26. The lowest BCUT2D eigenvalue weighted by Crippen LogP contribution is -2.42. The third-order valence-electron chi connectivity index (χ3n) is 14.7. The molecule has 1 aliphatic carbocycles. The van der Waals surface area contributed by atoms with Crippen LogP contribution in [-0.4, -0.2) is 84.0 Å². The molecule has 23 heteroatoms. The third-order valence-corrected chi connectivity index (χ3v) is 15.6. The van der Waals surface area contributed by atoms with Gasteiger partial charge in [0, 0.05) is 83.0 Å². The summed E-state index contributed by atoms with van der Waals surface area (Å²) in [6.45, 7) is 5.22. The van der Waals surface area contributed by atoms with Gasteiger partial charge < -0.3 is 45.5 Å². The van der Waals surface area contributed by atoms with Crippen molar-refractivity contribution < 1.29 is 69.4 Å². The Hall–Kier alpha value is -8.21. The van der Waals surface area contributed by atoms with Crippen molar-refractivity contribution in [3.8, 4) is 11.5 Å². The number of amides is 6. The summed E-state index contributed by atoms with van der Waals surface area (Å²) in [7, 11) is 0. The van der Waals surface area contributed by atoms with Crippen molar-refractivity contribution >= 4 is 80.0 Å². The molecule has 5 N–H and O–H groups in total. The summed E-state index contributed by atoms with van der Waals surface area (Å²) < 4.78 is 93.7. The Balaban J connectivity index is 0.720. The second-order valence-electron chi connectivity index (χ2n) is 20.2. The monoisotopic (exact) mass is 1140 g/mol. The van der Waals surface area contributed by atoms with Crippen LogP contribution in [0.3, 0.4) is 0 Å². The summed E-state index contributed by atoms with van der Waals surface area (Å²) in [5.41, 5.74) is 0.711. The topological polar surface area (TPSA) is 206 Å². The molecule has 1 spiro atoms. The Morgan fingerprint density at radius 3 is 1.93 bits per heavy atom. The molecular formula is C58H57F6N7O9S. The van der Waals surface area contributed by atoms with Gasteiger partial charge in [-0.25, -0.2) is 4.79 Å². The van der Waals surface area contributed by atoms with Crippen LogP contribution in [0.5, 0.6) is 11.5 Å². The van der Waals surface area contributed by atoms with Crippen LogP contribution in [-0.2, 0) is 36.1 Å². The molecule has 426 valence electrons. The first-order chi connectivity index (χ1) is 38.6. The number of alkyl halides is 6. The van der Waals surface area contributed by atoms with Crippen LogP contribution in [0.4, 0.5) is 43.4 Å². The minimum Gasteiger partial charge on any atom is -0.456 e. The van der Waals surface area contributed by atoms with Crippen LogP contribution in [0, 0.1) is 12.8 Å². The molecular weight excluding hydrogens is 1080 g/mol. The van der Waals surface area contributed by atoms with Crippen molar-refractivity contribution in [1.29, 1.82) is 0 Å². The second kappa shape index (κ2) is 23.9. The number of esters is 1. The smallest absolute Gasteiger partial charge is 0.456 e. The number of benzene rings is 4. The fourth-order valence-corrected chi connectivity index (χ4v) is 11.5. The number of ether oxygens (including phenoxy) is 2. The number of thiophene rings is 1. The van der Waals surface area contributed by atoms with Crippen LogP contribution in [0.15, 0.2) is 96.4 Å². The molecule has 0 unspecified atom stereocenters. The summed E-state index contributed by atoms with van der Waals surface area (Å²) in [5.74, 6) is -7.01. The van der Waals surface area contributed by atoms with E-state index in [2.05, 4.69) is 16.0 Å². The van der Waals surface area contributed by atoms with Crippen LogP contribution in [0.25, 0.3) is 10.2 Å². The zero-order chi connectivity index (χ0) is 57.8. The van der Waals surface area contributed by atoms with Crippen molar-refractivity contribution in [3.05, 3.63) is 135 Å². The number of hydrogen-bond acceptors (Lipinski definition) is 10. The summed E-state index contributed by atoms with van der Waals surface area (Å²) in [6, 6.07) is 22.3. The number of carbonyl (C=O) groups is 7. The van der Waals surface area contributed by atoms with E-state index in [9.17, 15) is 59.9 Å². The van der Waals surface area contributed by atoms with Gasteiger partial charge in [0.05, 0.1) is 15.8 Å². The van der Waals surface area contributed by atoms with Gasteiger partial charge in [-0.15, -0.1) is 11.3 Å². The first-order valence-electron chi connectivity index (χ1n) is 26.6. The van der Waals surface area contributed by atoms with Crippen LogP contribution in [0.2, 0.25) is 0 Å². The molecule has 0 bridgehead atoms. The third kappa shape index (κ3) is 12.6. The van der Waals surface area contributed by atoms with Gasteiger partial charge >= 0.3 is 30.1 Å². The molecule has 16 nitrogen and oxygen atoms in total. The quantitative estimate of drug-likeness (QED) is 0.0297. The van der Waals surface area contributed by atoms with Crippen LogP contribution >= 0.6 is 11.3 Å². The number of aryl methyl sites for hydroxylation is 1. The maximum Gasteiger partial charge on any atom is 0.471 e. The van der Waals surface area contributed by atoms with Gasteiger partial charge in [-0.3, -0.25) is 28.8 Å². The van der Waals surface area contributed by atoms with E-state index in [0.29, 0.717) is 57.4 Å². The summed E-state index contributed by atoms with van der Waals surface area (Å²) in [5, 5.41) is 14.5. The number of fused-ring (bicyclic) bond motifs is 7. The van der Waals surface area contributed by atoms with E-state index in [0.717, 1.165) is 77.8 Å². The highest BCUT2D eigenvalue weighted by atomic mass is 32.1. The summed E-state index contributed by atoms with van der Waals surface area (Å²) >= 11 is 1.51. The Bertz CT molecular complexity index is 3340.